The van der Waals surface area contributed by atoms with Crippen molar-refractivity contribution >= 4 is 40.7 Å². The fourth-order valence-electron chi connectivity index (χ4n) is 4.40. The average Bonchev–Trinajstić information content (AvgIpc) is 3.33. The van der Waals surface area contributed by atoms with Gasteiger partial charge in [0.15, 0.2) is 11.6 Å². The molecule has 0 radical (unpaired) electrons. The molecule has 0 aliphatic carbocycles. The first kappa shape index (κ1) is 31.0. The Hall–Kier alpha value is -3.96. The van der Waals surface area contributed by atoms with Gasteiger partial charge in [-0.25, -0.2) is 4.99 Å². The third-order valence-corrected chi connectivity index (χ3v) is 6.89. The molecule has 0 aromatic heterocycles. The highest BCUT2D eigenvalue weighted by Gasteiger charge is 2.54. The smallest absolute Gasteiger partial charge is 0.405 e. The number of carbonyl (C=O) groups is 1. The molecule has 1 aliphatic rings. The molecule has 42 heavy (non-hydrogen) atoms. The largest absolute Gasteiger partial charge is 0.494 e. The predicted molar refractivity (Wildman–Crippen MR) is 151 cm³/mol. The van der Waals surface area contributed by atoms with Crippen LogP contribution in [0.3, 0.4) is 0 Å². The summed E-state index contributed by atoms with van der Waals surface area (Å²) in [5.41, 5.74) is 8.23. The summed E-state index contributed by atoms with van der Waals surface area (Å²) < 4.78 is 51.5. The fraction of sp³-hybridized carbons (Fsp3) is 0.286. The Kier molecular flexibility index (Phi) is 9.85. The molecule has 1 aliphatic heterocycles. The van der Waals surface area contributed by atoms with Gasteiger partial charge in [-0.1, -0.05) is 58.6 Å². The minimum Gasteiger partial charge on any atom is -0.494 e. The maximum atomic E-state index is 13.8. The molecule has 9 nitrogen and oxygen atoms in total. The SMILES string of the molecule is [N-]=[N+]=Nc1ccccc1C[C@@]1(C(=O)NCC(F)(F)F)N=C(c2ccc(OCCCO)cc2)O[C@@H]1c1ccc(Cl)cc1Cl. The quantitative estimate of drug-likeness (QED) is 0.105. The van der Waals surface area contributed by atoms with Crippen LogP contribution in [0.2, 0.25) is 10.0 Å². The average molecular weight is 622 g/mol. The van der Waals surface area contributed by atoms with Crippen LogP contribution in [-0.4, -0.2) is 48.4 Å². The van der Waals surface area contributed by atoms with Crippen LogP contribution in [0.4, 0.5) is 18.9 Å². The van der Waals surface area contributed by atoms with Gasteiger partial charge in [0.25, 0.3) is 5.91 Å². The Bertz CT molecular complexity index is 1510. The van der Waals surface area contributed by atoms with Crippen LogP contribution < -0.4 is 10.1 Å². The number of alkyl halides is 3. The Morgan fingerprint density at radius 3 is 2.57 bits per heavy atom. The first-order valence-corrected chi connectivity index (χ1v) is 13.4. The van der Waals surface area contributed by atoms with Crippen molar-refractivity contribution in [2.45, 2.75) is 30.7 Å². The maximum absolute atomic E-state index is 13.8. The second-order valence-corrected chi connectivity index (χ2v) is 10.1. The number of carbonyl (C=O) groups excluding carboxylic acids is 1. The lowest BCUT2D eigenvalue weighted by molar-refractivity contribution is -0.143. The van der Waals surface area contributed by atoms with Gasteiger partial charge >= 0.3 is 6.18 Å². The number of amides is 1. The molecule has 14 heteroatoms. The second kappa shape index (κ2) is 13.3. The van der Waals surface area contributed by atoms with E-state index in [2.05, 4.69) is 15.0 Å². The van der Waals surface area contributed by atoms with E-state index < -0.39 is 30.3 Å². The number of nitrogens with one attached hydrogen (secondary N) is 1. The van der Waals surface area contributed by atoms with Gasteiger partial charge in [0.2, 0.25) is 5.90 Å². The van der Waals surface area contributed by atoms with Crippen LogP contribution in [0.5, 0.6) is 5.75 Å². The molecule has 4 rings (SSSR count). The highest BCUT2D eigenvalue weighted by molar-refractivity contribution is 6.35. The van der Waals surface area contributed by atoms with Crippen molar-refractivity contribution in [3.8, 4) is 5.75 Å². The zero-order valence-corrected chi connectivity index (χ0v) is 23.3. The van der Waals surface area contributed by atoms with Gasteiger partial charge in [-0.15, -0.1) is 0 Å². The van der Waals surface area contributed by atoms with E-state index in [0.717, 1.165) is 0 Å². The van der Waals surface area contributed by atoms with Crippen molar-refractivity contribution in [3.05, 3.63) is 104 Å². The van der Waals surface area contributed by atoms with E-state index in [9.17, 15) is 18.0 Å². The summed E-state index contributed by atoms with van der Waals surface area (Å²) in [7, 11) is 0. The number of rotatable bonds is 11. The zero-order chi connectivity index (χ0) is 30.3. The normalized spacial score (nSPS) is 18.0. The third kappa shape index (κ3) is 7.27. The monoisotopic (exact) mass is 621 g/mol. The summed E-state index contributed by atoms with van der Waals surface area (Å²) in [6.45, 7) is -1.35. The molecule has 0 saturated carbocycles. The van der Waals surface area contributed by atoms with Crippen LogP contribution in [0.25, 0.3) is 10.4 Å². The predicted octanol–water partition coefficient (Wildman–Crippen LogP) is 6.87. The molecule has 220 valence electrons. The van der Waals surface area contributed by atoms with Crippen molar-refractivity contribution < 1.29 is 32.5 Å². The van der Waals surface area contributed by atoms with E-state index in [0.29, 0.717) is 28.3 Å². The molecule has 3 aromatic rings. The van der Waals surface area contributed by atoms with Crippen molar-refractivity contribution in [1.29, 1.82) is 0 Å². The van der Waals surface area contributed by atoms with Crippen LogP contribution >= 0.6 is 23.2 Å². The first-order chi connectivity index (χ1) is 20.1. The number of hydrogen-bond acceptors (Lipinski definition) is 6. The molecule has 0 saturated heterocycles. The molecule has 1 amide bonds. The minimum absolute atomic E-state index is 0.0291. The summed E-state index contributed by atoms with van der Waals surface area (Å²) in [5, 5.41) is 15.0. The van der Waals surface area contributed by atoms with Gasteiger partial charge in [-0.3, -0.25) is 4.79 Å². The van der Waals surface area contributed by atoms with E-state index >= 15 is 0 Å². The molecule has 2 N–H and O–H groups in total. The highest BCUT2D eigenvalue weighted by Crippen LogP contribution is 2.46. The summed E-state index contributed by atoms with van der Waals surface area (Å²) >= 11 is 12.6. The number of hydrogen-bond donors (Lipinski definition) is 2. The Morgan fingerprint density at radius 1 is 1.17 bits per heavy atom. The number of nitrogens with zero attached hydrogens (tertiary/aromatic N) is 4. The lowest BCUT2D eigenvalue weighted by Gasteiger charge is -2.31. The molecule has 0 unspecified atom stereocenters. The molecular weight excluding hydrogens is 598 g/mol. The molecule has 3 aromatic carbocycles. The fourth-order valence-corrected chi connectivity index (χ4v) is 4.91. The third-order valence-electron chi connectivity index (χ3n) is 6.33. The Labute approximate surface area is 248 Å². The first-order valence-electron chi connectivity index (χ1n) is 12.6. The number of ether oxygens (including phenoxy) is 2. The van der Waals surface area contributed by atoms with Crippen LogP contribution in [0.1, 0.15) is 29.2 Å². The number of aliphatic hydroxyl groups excluding tert-OH is 1. The van der Waals surface area contributed by atoms with Gasteiger partial charge < -0.3 is 19.9 Å². The number of azide groups is 1. The number of benzene rings is 3. The van der Waals surface area contributed by atoms with Crippen LogP contribution in [0.15, 0.2) is 76.8 Å². The summed E-state index contributed by atoms with van der Waals surface area (Å²) in [5.74, 6) is -0.609. The van der Waals surface area contributed by atoms with E-state index in [1.165, 1.54) is 24.3 Å². The number of aliphatic imine (C=N–C) groups is 1. The van der Waals surface area contributed by atoms with Crippen molar-refractivity contribution in [2.24, 2.45) is 10.1 Å². The summed E-state index contributed by atoms with van der Waals surface area (Å²) in [4.78, 5) is 21.3. The summed E-state index contributed by atoms with van der Waals surface area (Å²) in [6.07, 6.45) is -5.87. The summed E-state index contributed by atoms with van der Waals surface area (Å²) in [6, 6.07) is 17.3. The lowest BCUT2D eigenvalue weighted by Crippen LogP contribution is -2.51. The van der Waals surface area contributed by atoms with Crippen LogP contribution in [-0.2, 0) is 16.0 Å². The van der Waals surface area contributed by atoms with Gasteiger partial charge in [-0.05, 0) is 47.5 Å². The van der Waals surface area contributed by atoms with Gasteiger partial charge in [0.1, 0.15) is 12.3 Å². The van der Waals surface area contributed by atoms with Crippen LogP contribution in [0, 0.1) is 0 Å². The lowest BCUT2D eigenvalue weighted by atomic mass is 9.81. The Morgan fingerprint density at radius 2 is 1.90 bits per heavy atom. The molecule has 0 spiro atoms. The zero-order valence-electron chi connectivity index (χ0n) is 21.8. The van der Waals surface area contributed by atoms with Gasteiger partial charge in [0.05, 0.1) is 6.61 Å². The standard InChI is InChI=1S/C28H24Cl2F3N5O4/c29-19-8-11-21(22(30)14-19)24-27(26(40)35-16-28(31,32)33,15-18-4-1-2-5-23(18)37-38-34)36-25(42-24)17-6-9-20(10-7-17)41-13-3-12-39/h1-2,4-11,14,24,39H,3,12-13,15-16H2,(H,35,40)/t24-,27-/m1/s1. The van der Waals surface area contributed by atoms with E-state index in [4.69, 9.17) is 43.3 Å². The second-order valence-electron chi connectivity index (χ2n) is 9.25. The molecule has 0 bridgehead atoms. The van der Waals surface area contributed by atoms with Gasteiger partial charge in [0, 0.05) is 51.2 Å². The molecule has 2 atom stereocenters. The molecular formula is C28H24Cl2F3N5O4. The highest BCUT2D eigenvalue weighted by atomic mass is 35.5. The topological polar surface area (TPSA) is 129 Å². The van der Waals surface area contributed by atoms with Crippen molar-refractivity contribution in [1.82, 2.24) is 5.32 Å². The van der Waals surface area contributed by atoms with Gasteiger partial charge in [-0.2, -0.15) is 13.2 Å². The van der Waals surface area contributed by atoms with E-state index in [-0.39, 0.29) is 41.8 Å². The van der Waals surface area contributed by atoms with E-state index in [1.807, 2.05) is 5.32 Å². The molecule has 1 heterocycles. The Balaban J connectivity index is 1.86. The maximum Gasteiger partial charge on any atom is 0.405 e. The van der Waals surface area contributed by atoms with Crippen molar-refractivity contribution in [2.75, 3.05) is 19.8 Å². The van der Waals surface area contributed by atoms with Crippen molar-refractivity contribution in [3.63, 3.8) is 0 Å². The minimum atomic E-state index is -4.70. The van der Waals surface area contributed by atoms with E-state index in [1.54, 1.807) is 42.5 Å². The number of aliphatic hydroxyl groups is 1. The number of halogens is 5. The molecule has 0 fully saturated rings.